The number of carbonyl (C=O) groups is 1. The van der Waals surface area contributed by atoms with E-state index in [1.54, 1.807) is 0 Å². The Balaban J connectivity index is 1.89. The molecule has 1 heterocycles. The van der Waals surface area contributed by atoms with Crippen LogP contribution in [-0.4, -0.2) is 19.1 Å². The lowest BCUT2D eigenvalue weighted by Gasteiger charge is -2.34. The highest BCUT2D eigenvalue weighted by Crippen LogP contribution is 2.44. The van der Waals surface area contributed by atoms with Crippen LogP contribution in [0.3, 0.4) is 0 Å². The number of hydrogen-bond acceptors (Lipinski definition) is 2. The maximum absolute atomic E-state index is 12.8. The van der Waals surface area contributed by atoms with Crippen molar-refractivity contribution in [3.63, 3.8) is 0 Å². The fraction of sp³-hybridized carbons (Fsp3) is 0.261. The highest BCUT2D eigenvalue weighted by molar-refractivity contribution is 6.03. The molecule has 0 bridgehead atoms. The molecule has 0 N–H and O–H groups in total. The third-order valence-electron chi connectivity index (χ3n) is 5.18. The molecule has 1 aliphatic rings. The van der Waals surface area contributed by atoms with E-state index < -0.39 is 0 Å². The number of amides is 1. The van der Waals surface area contributed by atoms with E-state index in [9.17, 15) is 4.79 Å². The number of hydrogen-bond donors (Lipinski definition) is 0. The summed E-state index contributed by atoms with van der Waals surface area (Å²) < 4.78 is 5.57. The lowest BCUT2D eigenvalue weighted by Crippen LogP contribution is -2.36. The maximum atomic E-state index is 12.8. The van der Waals surface area contributed by atoms with Crippen LogP contribution in [0, 0.1) is 0 Å². The molecule has 0 aromatic heterocycles. The standard InChI is InChI=1S/C23H23NO2/c1-3-24-21-14-11-16-7-5-6-8-19(16)23(21)20(15-22(24)25)17-9-12-18(13-10-17)26-4-2/h5-14,20H,3-4,15H2,1-2H3. The molecule has 132 valence electrons. The molecule has 0 saturated heterocycles. The largest absolute Gasteiger partial charge is 0.494 e. The minimum atomic E-state index is 0.0714. The van der Waals surface area contributed by atoms with Crippen LogP contribution in [0.4, 0.5) is 5.69 Å². The lowest BCUT2D eigenvalue weighted by molar-refractivity contribution is -0.119. The van der Waals surface area contributed by atoms with Crippen molar-refractivity contribution in [3.8, 4) is 5.75 Å². The van der Waals surface area contributed by atoms with Crippen molar-refractivity contribution in [1.82, 2.24) is 0 Å². The first-order valence-electron chi connectivity index (χ1n) is 9.27. The molecule has 3 aromatic carbocycles. The third kappa shape index (κ3) is 2.74. The smallest absolute Gasteiger partial charge is 0.227 e. The number of ether oxygens (including phenoxy) is 1. The number of nitrogens with zero attached hydrogens (tertiary/aromatic N) is 1. The highest BCUT2D eigenvalue weighted by Gasteiger charge is 2.32. The zero-order valence-corrected chi connectivity index (χ0v) is 15.2. The van der Waals surface area contributed by atoms with Crippen LogP contribution in [0.5, 0.6) is 5.75 Å². The SMILES string of the molecule is CCOc1ccc(C2CC(=O)N(CC)c3ccc4ccccc4c32)cc1. The van der Waals surface area contributed by atoms with Crippen molar-refractivity contribution in [3.05, 3.63) is 71.8 Å². The van der Waals surface area contributed by atoms with Crippen LogP contribution in [0.2, 0.25) is 0 Å². The Hall–Kier alpha value is -2.81. The Labute approximate surface area is 154 Å². The molecule has 3 nitrogen and oxygen atoms in total. The minimum absolute atomic E-state index is 0.0714. The van der Waals surface area contributed by atoms with Gasteiger partial charge in [0, 0.05) is 24.6 Å². The van der Waals surface area contributed by atoms with Crippen molar-refractivity contribution in [2.75, 3.05) is 18.1 Å². The van der Waals surface area contributed by atoms with Gasteiger partial charge in [-0.2, -0.15) is 0 Å². The molecule has 3 heteroatoms. The Morgan fingerprint density at radius 3 is 2.50 bits per heavy atom. The van der Waals surface area contributed by atoms with Gasteiger partial charge in [-0.25, -0.2) is 0 Å². The summed E-state index contributed by atoms with van der Waals surface area (Å²) >= 11 is 0. The molecule has 1 unspecified atom stereocenters. The lowest BCUT2D eigenvalue weighted by atomic mass is 9.81. The zero-order valence-electron chi connectivity index (χ0n) is 15.2. The van der Waals surface area contributed by atoms with Gasteiger partial charge in [0.2, 0.25) is 5.91 Å². The first kappa shape index (κ1) is 16.6. The summed E-state index contributed by atoms with van der Waals surface area (Å²) in [7, 11) is 0. The van der Waals surface area contributed by atoms with E-state index in [2.05, 4.69) is 48.5 Å². The van der Waals surface area contributed by atoms with Crippen LogP contribution < -0.4 is 9.64 Å². The van der Waals surface area contributed by atoms with Gasteiger partial charge in [-0.15, -0.1) is 0 Å². The summed E-state index contributed by atoms with van der Waals surface area (Å²) in [6.07, 6.45) is 0.503. The van der Waals surface area contributed by atoms with Gasteiger partial charge < -0.3 is 9.64 Å². The van der Waals surface area contributed by atoms with Crippen LogP contribution in [0.15, 0.2) is 60.7 Å². The van der Waals surface area contributed by atoms with E-state index in [-0.39, 0.29) is 11.8 Å². The predicted molar refractivity (Wildman–Crippen MR) is 106 cm³/mol. The Morgan fingerprint density at radius 1 is 1.00 bits per heavy atom. The third-order valence-corrected chi connectivity index (χ3v) is 5.18. The van der Waals surface area contributed by atoms with E-state index in [4.69, 9.17) is 4.74 Å². The number of rotatable bonds is 4. The molecular formula is C23H23NO2. The van der Waals surface area contributed by atoms with Crippen molar-refractivity contribution in [1.29, 1.82) is 0 Å². The normalized spacial score (nSPS) is 16.6. The molecule has 1 aliphatic heterocycles. The fourth-order valence-corrected chi connectivity index (χ4v) is 4.00. The molecule has 3 aromatic rings. The van der Waals surface area contributed by atoms with Gasteiger partial charge in [-0.3, -0.25) is 4.79 Å². The molecule has 0 saturated carbocycles. The summed E-state index contributed by atoms with van der Waals surface area (Å²) in [5.74, 6) is 1.13. The number of anilines is 1. The Bertz CT molecular complexity index is 946. The van der Waals surface area contributed by atoms with Crippen LogP contribution in [0.25, 0.3) is 10.8 Å². The number of fused-ring (bicyclic) bond motifs is 3. The maximum Gasteiger partial charge on any atom is 0.227 e. The van der Waals surface area contributed by atoms with Crippen molar-refractivity contribution in [2.24, 2.45) is 0 Å². The summed E-state index contributed by atoms with van der Waals surface area (Å²) in [5, 5.41) is 2.45. The van der Waals surface area contributed by atoms with Gasteiger partial charge in [0.05, 0.1) is 6.61 Å². The van der Waals surface area contributed by atoms with Crippen LogP contribution in [-0.2, 0) is 4.79 Å². The second kappa shape index (κ2) is 6.83. The van der Waals surface area contributed by atoms with E-state index in [0.29, 0.717) is 19.6 Å². The summed E-state index contributed by atoms with van der Waals surface area (Å²) in [5.41, 5.74) is 3.46. The molecule has 0 fully saturated rings. The Kier molecular flexibility index (Phi) is 4.37. The van der Waals surface area contributed by atoms with Gasteiger partial charge in [0.1, 0.15) is 5.75 Å². The van der Waals surface area contributed by atoms with Crippen molar-refractivity contribution in [2.45, 2.75) is 26.2 Å². The minimum Gasteiger partial charge on any atom is -0.494 e. The van der Waals surface area contributed by atoms with Gasteiger partial charge in [-0.05, 0) is 53.9 Å². The van der Waals surface area contributed by atoms with E-state index in [0.717, 1.165) is 17.0 Å². The van der Waals surface area contributed by atoms with Crippen molar-refractivity contribution >= 4 is 22.4 Å². The van der Waals surface area contributed by atoms with Crippen molar-refractivity contribution < 1.29 is 9.53 Å². The molecule has 1 atom stereocenters. The topological polar surface area (TPSA) is 29.5 Å². The molecule has 4 rings (SSSR count). The molecule has 0 spiro atoms. The quantitative estimate of drug-likeness (QED) is 0.656. The number of benzene rings is 3. The highest BCUT2D eigenvalue weighted by atomic mass is 16.5. The molecule has 0 radical (unpaired) electrons. The van der Waals surface area contributed by atoms with E-state index in [1.165, 1.54) is 16.3 Å². The average molecular weight is 345 g/mol. The molecular weight excluding hydrogens is 322 g/mol. The molecule has 0 aliphatic carbocycles. The second-order valence-electron chi connectivity index (χ2n) is 6.62. The first-order valence-corrected chi connectivity index (χ1v) is 9.27. The fourth-order valence-electron chi connectivity index (χ4n) is 4.00. The summed E-state index contributed by atoms with van der Waals surface area (Å²) in [4.78, 5) is 14.7. The van der Waals surface area contributed by atoms with Gasteiger partial charge in [-0.1, -0.05) is 42.5 Å². The summed E-state index contributed by atoms with van der Waals surface area (Å²) in [6, 6.07) is 20.8. The van der Waals surface area contributed by atoms with E-state index in [1.807, 2.05) is 30.9 Å². The predicted octanol–water partition coefficient (Wildman–Crippen LogP) is 5.13. The first-order chi connectivity index (χ1) is 12.7. The van der Waals surface area contributed by atoms with Gasteiger partial charge >= 0.3 is 0 Å². The van der Waals surface area contributed by atoms with Gasteiger partial charge in [0.25, 0.3) is 0 Å². The van der Waals surface area contributed by atoms with Crippen LogP contribution >= 0.6 is 0 Å². The monoisotopic (exact) mass is 345 g/mol. The van der Waals surface area contributed by atoms with Gasteiger partial charge in [0.15, 0.2) is 0 Å². The molecule has 26 heavy (non-hydrogen) atoms. The Morgan fingerprint density at radius 2 is 1.77 bits per heavy atom. The average Bonchev–Trinajstić information content (AvgIpc) is 2.68. The molecule has 1 amide bonds. The second-order valence-corrected chi connectivity index (χ2v) is 6.62. The number of carbonyl (C=O) groups excluding carboxylic acids is 1. The van der Waals surface area contributed by atoms with E-state index >= 15 is 0 Å². The summed E-state index contributed by atoms with van der Waals surface area (Å²) in [6.45, 7) is 5.36. The zero-order chi connectivity index (χ0) is 18.1. The van der Waals surface area contributed by atoms with Crippen LogP contribution in [0.1, 0.15) is 37.3 Å².